The Bertz CT molecular complexity index is 540. The lowest BCUT2D eigenvalue weighted by atomic mass is 10.1. The van der Waals surface area contributed by atoms with Crippen LogP contribution in [0.25, 0.3) is 0 Å². The smallest absolute Gasteiger partial charge is 0.242 e. The van der Waals surface area contributed by atoms with Gasteiger partial charge in [-0.1, -0.05) is 37.3 Å². The van der Waals surface area contributed by atoms with Crippen LogP contribution in [0.3, 0.4) is 0 Å². The first-order chi connectivity index (χ1) is 8.99. The van der Waals surface area contributed by atoms with Crippen molar-refractivity contribution >= 4 is 27.4 Å². The summed E-state index contributed by atoms with van der Waals surface area (Å²) < 4.78 is 27.2. The summed E-state index contributed by atoms with van der Waals surface area (Å²) in [6.45, 7) is 0. The summed E-state index contributed by atoms with van der Waals surface area (Å²) in [7, 11) is -3.57. The topological polar surface area (TPSA) is 85.1 Å². The maximum absolute atomic E-state index is 12.2. The number of pyridine rings is 1. The highest BCUT2D eigenvalue weighted by molar-refractivity contribution is 7.89. The summed E-state index contributed by atoms with van der Waals surface area (Å²) in [6.07, 6.45) is 7.48. The van der Waals surface area contributed by atoms with Crippen molar-refractivity contribution < 1.29 is 8.42 Å². The van der Waals surface area contributed by atoms with E-state index in [9.17, 15) is 8.42 Å². The van der Waals surface area contributed by atoms with Crippen molar-refractivity contribution in [2.75, 3.05) is 5.73 Å². The minimum absolute atomic E-state index is 0.00354. The molecule has 0 amide bonds. The van der Waals surface area contributed by atoms with E-state index in [0.717, 1.165) is 25.7 Å². The van der Waals surface area contributed by atoms with Crippen LogP contribution >= 0.6 is 11.6 Å². The molecule has 19 heavy (non-hydrogen) atoms. The summed E-state index contributed by atoms with van der Waals surface area (Å²) in [5.41, 5.74) is 5.48. The van der Waals surface area contributed by atoms with Gasteiger partial charge in [-0.25, -0.2) is 18.1 Å². The quantitative estimate of drug-likeness (QED) is 0.839. The van der Waals surface area contributed by atoms with Crippen LogP contribution in [-0.2, 0) is 10.0 Å². The summed E-state index contributed by atoms with van der Waals surface area (Å²) in [6, 6.07) is 1.34. The third-order valence-corrected chi connectivity index (χ3v) is 5.12. The second-order valence-electron chi connectivity index (χ2n) is 4.85. The monoisotopic (exact) mass is 303 g/mol. The number of hydrogen-bond donors (Lipinski definition) is 2. The van der Waals surface area contributed by atoms with Gasteiger partial charge in [0.1, 0.15) is 10.7 Å². The summed E-state index contributed by atoms with van der Waals surface area (Å²) in [4.78, 5) is 3.85. The van der Waals surface area contributed by atoms with Gasteiger partial charge in [-0.15, -0.1) is 0 Å². The fourth-order valence-corrected chi connectivity index (χ4v) is 3.77. The Hall–Kier alpha value is -0.850. The highest BCUT2D eigenvalue weighted by atomic mass is 35.5. The van der Waals surface area contributed by atoms with Crippen LogP contribution in [0.15, 0.2) is 17.2 Å². The number of halogens is 1. The average Bonchev–Trinajstić information content (AvgIpc) is 2.60. The number of aromatic nitrogens is 1. The van der Waals surface area contributed by atoms with Gasteiger partial charge in [-0.05, 0) is 18.9 Å². The Kier molecular flexibility index (Phi) is 4.65. The zero-order valence-corrected chi connectivity index (χ0v) is 12.2. The zero-order valence-electron chi connectivity index (χ0n) is 10.6. The first-order valence-corrected chi connectivity index (χ1v) is 8.28. The number of nitrogens with zero attached hydrogens (tertiary/aromatic N) is 1. The lowest BCUT2D eigenvalue weighted by Crippen LogP contribution is -2.34. The SMILES string of the molecule is Nc1ncc(S(=O)(=O)NC2CCCCCC2)cc1Cl. The molecular formula is C12H18ClN3O2S. The third kappa shape index (κ3) is 3.81. The van der Waals surface area contributed by atoms with E-state index < -0.39 is 10.0 Å². The predicted molar refractivity (Wildman–Crippen MR) is 75.5 cm³/mol. The van der Waals surface area contributed by atoms with E-state index in [4.69, 9.17) is 17.3 Å². The summed E-state index contributed by atoms with van der Waals surface area (Å²) in [5.74, 6) is 0.134. The Balaban J connectivity index is 2.14. The first kappa shape index (κ1) is 14.6. The van der Waals surface area contributed by atoms with Crippen molar-refractivity contribution in [3.8, 4) is 0 Å². The van der Waals surface area contributed by atoms with Crippen LogP contribution in [0.5, 0.6) is 0 Å². The van der Waals surface area contributed by atoms with Gasteiger partial charge in [0, 0.05) is 12.2 Å². The van der Waals surface area contributed by atoms with E-state index in [1.165, 1.54) is 25.1 Å². The summed E-state index contributed by atoms with van der Waals surface area (Å²) in [5, 5.41) is 0.156. The van der Waals surface area contributed by atoms with Crippen LogP contribution in [0.2, 0.25) is 5.02 Å². The molecule has 0 spiro atoms. The Morgan fingerprint density at radius 1 is 1.26 bits per heavy atom. The van der Waals surface area contributed by atoms with Crippen LogP contribution in [0.1, 0.15) is 38.5 Å². The minimum atomic E-state index is -3.57. The number of sulfonamides is 1. The van der Waals surface area contributed by atoms with E-state index in [2.05, 4.69) is 9.71 Å². The molecule has 1 aromatic rings. The molecule has 0 atom stereocenters. The van der Waals surface area contributed by atoms with Gasteiger partial charge in [0.25, 0.3) is 0 Å². The molecule has 5 nitrogen and oxygen atoms in total. The first-order valence-electron chi connectivity index (χ1n) is 6.42. The average molecular weight is 304 g/mol. The van der Waals surface area contributed by atoms with Crippen LogP contribution < -0.4 is 10.5 Å². The van der Waals surface area contributed by atoms with Gasteiger partial charge in [-0.3, -0.25) is 0 Å². The number of anilines is 1. The minimum Gasteiger partial charge on any atom is -0.382 e. The van der Waals surface area contributed by atoms with E-state index >= 15 is 0 Å². The lowest BCUT2D eigenvalue weighted by Gasteiger charge is -2.16. The molecule has 0 unspecified atom stereocenters. The Labute approximate surface area is 118 Å². The molecule has 7 heteroatoms. The number of rotatable bonds is 3. The number of hydrogen-bond acceptors (Lipinski definition) is 4. The van der Waals surface area contributed by atoms with Gasteiger partial charge in [0.2, 0.25) is 10.0 Å². The van der Waals surface area contributed by atoms with Gasteiger partial charge in [0.05, 0.1) is 5.02 Å². The molecular weight excluding hydrogens is 286 g/mol. The summed E-state index contributed by atoms with van der Waals surface area (Å²) >= 11 is 5.81. The normalized spacial score (nSPS) is 18.2. The van der Waals surface area contributed by atoms with Gasteiger partial charge in [-0.2, -0.15) is 0 Å². The molecule has 1 aliphatic carbocycles. The maximum Gasteiger partial charge on any atom is 0.242 e. The van der Waals surface area contributed by atoms with Gasteiger partial charge < -0.3 is 5.73 Å². The van der Waals surface area contributed by atoms with Gasteiger partial charge in [0.15, 0.2) is 0 Å². The maximum atomic E-state index is 12.2. The third-order valence-electron chi connectivity index (χ3n) is 3.33. The lowest BCUT2D eigenvalue weighted by molar-refractivity contribution is 0.510. The molecule has 0 aliphatic heterocycles. The second kappa shape index (κ2) is 6.07. The molecule has 0 aromatic carbocycles. The molecule has 1 saturated carbocycles. The Morgan fingerprint density at radius 2 is 1.89 bits per heavy atom. The Morgan fingerprint density at radius 3 is 2.47 bits per heavy atom. The largest absolute Gasteiger partial charge is 0.382 e. The van der Waals surface area contributed by atoms with Crippen molar-refractivity contribution in [3.63, 3.8) is 0 Å². The molecule has 2 rings (SSSR count). The number of nitrogens with two attached hydrogens (primary N) is 1. The molecule has 3 N–H and O–H groups in total. The standard InChI is InChI=1S/C12H18ClN3O2S/c13-11-7-10(8-15-12(11)14)19(17,18)16-9-5-3-1-2-4-6-9/h7-9,16H,1-6H2,(H2,14,15). The van der Waals surface area contributed by atoms with Gasteiger partial charge >= 0.3 is 0 Å². The van der Waals surface area contributed by atoms with Crippen molar-refractivity contribution in [3.05, 3.63) is 17.3 Å². The van der Waals surface area contributed by atoms with Crippen molar-refractivity contribution in [2.45, 2.75) is 49.5 Å². The molecule has 1 heterocycles. The van der Waals surface area contributed by atoms with E-state index in [1.54, 1.807) is 0 Å². The van der Waals surface area contributed by atoms with E-state index in [1.807, 2.05) is 0 Å². The number of nitrogens with one attached hydrogen (secondary N) is 1. The van der Waals surface area contributed by atoms with E-state index in [-0.39, 0.29) is 21.8 Å². The highest BCUT2D eigenvalue weighted by Gasteiger charge is 2.22. The van der Waals surface area contributed by atoms with Crippen LogP contribution in [0, 0.1) is 0 Å². The predicted octanol–water partition coefficient (Wildman–Crippen LogP) is 2.32. The molecule has 106 valence electrons. The molecule has 0 saturated heterocycles. The fourth-order valence-electron chi connectivity index (χ4n) is 2.26. The second-order valence-corrected chi connectivity index (χ2v) is 6.97. The fraction of sp³-hybridized carbons (Fsp3) is 0.583. The van der Waals surface area contributed by atoms with Crippen molar-refractivity contribution in [2.24, 2.45) is 0 Å². The molecule has 1 aromatic heterocycles. The molecule has 0 radical (unpaired) electrons. The van der Waals surface area contributed by atoms with E-state index in [0.29, 0.717) is 0 Å². The number of nitrogen functional groups attached to an aromatic ring is 1. The van der Waals surface area contributed by atoms with Crippen molar-refractivity contribution in [1.82, 2.24) is 9.71 Å². The van der Waals surface area contributed by atoms with Crippen molar-refractivity contribution in [1.29, 1.82) is 0 Å². The van der Waals surface area contributed by atoms with Crippen LogP contribution in [0.4, 0.5) is 5.82 Å². The zero-order chi connectivity index (χ0) is 13.9. The molecule has 1 fully saturated rings. The van der Waals surface area contributed by atoms with Crippen LogP contribution in [-0.4, -0.2) is 19.4 Å². The molecule has 0 bridgehead atoms. The highest BCUT2D eigenvalue weighted by Crippen LogP contribution is 2.22. The molecule has 1 aliphatic rings.